The number of carbonyl (C=O) groups excluding carboxylic acids is 1. The first kappa shape index (κ1) is 15.9. The molecule has 0 aliphatic rings. The fourth-order valence-electron chi connectivity index (χ4n) is 1.89. The number of carboxylic acid groups (broad SMARTS) is 1. The number of hydrogen-bond acceptors (Lipinski definition) is 4. The standard InChI is InChI=1S/C14H21N3O3/c1-5-17(8-12(18)16-9(2)3)13-10(4)6-11(7-15-13)14(19)20/h6-7,9H,5,8H2,1-4H3,(H,16,18)(H,19,20). The second kappa shape index (κ2) is 6.88. The molecule has 0 fully saturated rings. The number of likely N-dealkylation sites (N-methyl/N-ethyl adjacent to an activating group) is 1. The number of pyridine rings is 1. The number of aryl methyl sites for hydroxylation is 1. The molecule has 0 radical (unpaired) electrons. The molecular weight excluding hydrogens is 258 g/mol. The molecule has 0 saturated carbocycles. The predicted octanol–water partition coefficient (Wildman–Crippen LogP) is 1.44. The van der Waals surface area contributed by atoms with E-state index in [1.165, 1.54) is 6.20 Å². The molecule has 1 aromatic rings. The summed E-state index contributed by atoms with van der Waals surface area (Å²) in [4.78, 5) is 28.7. The molecule has 1 heterocycles. The Morgan fingerprint density at radius 2 is 2.10 bits per heavy atom. The van der Waals surface area contributed by atoms with Crippen molar-refractivity contribution < 1.29 is 14.7 Å². The van der Waals surface area contributed by atoms with E-state index < -0.39 is 5.97 Å². The Balaban J connectivity index is 2.90. The highest BCUT2D eigenvalue weighted by Gasteiger charge is 2.15. The Kier molecular flexibility index (Phi) is 5.49. The topological polar surface area (TPSA) is 82.5 Å². The van der Waals surface area contributed by atoms with E-state index in [0.29, 0.717) is 12.4 Å². The summed E-state index contributed by atoms with van der Waals surface area (Å²) < 4.78 is 0. The molecule has 110 valence electrons. The van der Waals surface area contributed by atoms with Crippen LogP contribution in [0.2, 0.25) is 0 Å². The zero-order valence-corrected chi connectivity index (χ0v) is 12.3. The van der Waals surface area contributed by atoms with Crippen molar-refractivity contribution in [2.75, 3.05) is 18.0 Å². The molecule has 0 aromatic carbocycles. The minimum atomic E-state index is -1.01. The lowest BCUT2D eigenvalue weighted by Gasteiger charge is -2.23. The van der Waals surface area contributed by atoms with Gasteiger partial charge in [0.2, 0.25) is 5.91 Å². The molecule has 0 unspecified atom stereocenters. The van der Waals surface area contributed by atoms with Crippen molar-refractivity contribution in [1.82, 2.24) is 10.3 Å². The van der Waals surface area contributed by atoms with E-state index >= 15 is 0 Å². The first-order valence-corrected chi connectivity index (χ1v) is 6.59. The SMILES string of the molecule is CCN(CC(=O)NC(C)C)c1ncc(C(=O)O)cc1C. The van der Waals surface area contributed by atoms with Gasteiger partial charge in [0.15, 0.2) is 0 Å². The van der Waals surface area contributed by atoms with E-state index in [9.17, 15) is 9.59 Å². The van der Waals surface area contributed by atoms with E-state index in [2.05, 4.69) is 10.3 Å². The average Bonchev–Trinajstić information content (AvgIpc) is 2.35. The molecule has 1 amide bonds. The highest BCUT2D eigenvalue weighted by Crippen LogP contribution is 2.17. The molecule has 1 aromatic heterocycles. The number of nitrogens with one attached hydrogen (secondary N) is 1. The average molecular weight is 279 g/mol. The summed E-state index contributed by atoms with van der Waals surface area (Å²) in [6.45, 7) is 8.34. The molecule has 1 rings (SSSR count). The lowest BCUT2D eigenvalue weighted by molar-refractivity contribution is -0.120. The van der Waals surface area contributed by atoms with Crippen LogP contribution in [0, 0.1) is 6.92 Å². The van der Waals surface area contributed by atoms with Crippen LogP contribution in [0.1, 0.15) is 36.7 Å². The second-order valence-corrected chi connectivity index (χ2v) is 4.91. The molecule has 0 aliphatic carbocycles. The summed E-state index contributed by atoms with van der Waals surface area (Å²) >= 11 is 0. The minimum absolute atomic E-state index is 0.0784. The molecule has 0 aliphatic heterocycles. The first-order chi connectivity index (χ1) is 9.35. The molecule has 0 spiro atoms. The van der Waals surface area contributed by atoms with Crippen LogP contribution in [0.15, 0.2) is 12.3 Å². The normalized spacial score (nSPS) is 10.4. The molecule has 0 atom stereocenters. The van der Waals surface area contributed by atoms with Gasteiger partial charge in [-0.15, -0.1) is 0 Å². The number of amides is 1. The number of aromatic carboxylic acids is 1. The van der Waals surface area contributed by atoms with Gasteiger partial charge in [0, 0.05) is 18.8 Å². The third-order valence-electron chi connectivity index (χ3n) is 2.76. The summed E-state index contributed by atoms with van der Waals surface area (Å²) in [5, 5.41) is 11.7. The van der Waals surface area contributed by atoms with Gasteiger partial charge < -0.3 is 15.3 Å². The van der Waals surface area contributed by atoms with Crippen molar-refractivity contribution in [2.45, 2.75) is 33.7 Å². The van der Waals surface area contributed by atoms with Gasteiger partial charge in [0.1, 0.15) is 5.82 Å². The van der Waals surface area contributed by atoms with E-state index in [4.69, 9.17) is 5.11 Å². The molecular formula is C14H21N3O3. The number of hydrogen-bond donors (Lipinski definition) is 2. The number of carboxylic acids is 1. The summed E-state index contributed by atoms with van der Waals surface area (Å²) in [7, 11) is 0. The minimum Gasteiger partial charge on any atom is -0.478 e. The third-order valence-corrected chi connectivity index (χ3v) is 2.76. The number of carbonyl (C=O) groups is 2. The van der Waals surface area contributed by atoms with Crippen molar-refractivity contribution in [3.63, 3.8) is 0 Å². The first-order valence-electron chi connectivity index (χ1n) is 6.59. The van der Waals surface area contributed by atoms with Crippen molar-refractivity contribution in [3.05, 3.63) is 23.4 Å². The van der Waals surface area contributed by atoms with Crippen LogP contribution in [0.3, 0.4) is 0 Å². The van der Waals surface area contributed by atoms with Gasteiger partial charge in [-0.2, -0.15) is 0 Å². The van der Waals surface area contributed by atoms with Gasteiger partial charge >= 0.3 is 5.97 Å². The van der Waals surface area contributed by atoms with E-state index in [-0.39, 0.29) is 24.1 Å². The zero-order chi connectivity index (χ0) is 15.3. The number of aromatic nitrogens is 1. The molecule has 2 N–H and O–H groups in total. The summed E-state index contributed by atoms with van der Waals surface area (Å²) in [5.74, 6) is -0.450. The van der Waals surface area contributed by atoms with Crippen LogP contribution in [0.5, 0.6) is 0 Å². The van der Waals surface area contributed by atoms with E-state index in [1.54, 1.807) is 13.0 Å². The molecule has 20 heavy (non-hydrogen) atoms. The smallest absolute Gasteiger partial charge is 0.337 e. The van der Waals surface area contributed by atoms with Crippen molar-refractivity contribution in [1.29, 1.82) is 0 Å². The number of rotatable bonds is 6. The Bertz CT molecular complexity index is 500. The van der Waals surface area contributed by atoms with Gasteiger partial charge in [-0.25, -0.2) is 9.78 Å². The van der Waals surface area contributed by atoms with Crippen molar-refractivity contribution in [2.24, 2.45) is 0 Å². The Labute approximate surface area is 118 Å². The van der Waals surface area contributed by atoms with Gasteiger partial charge in [-0.3, -0.25) is 4.79 Å². The highest BCUT2D eigenvalue weighted by molar-refractivity contribution is 5.88. The maximum absolute atomic E-state index is 11.8. The number of anilines is 1. The van der Waals surface area contributed by atoms with Crippen LogP contribution >= 0.6 is 0 Å². The fraction of sp³-hybridized carbons (Fsp3) is 0.500. The molecule has 6 nitrogen and oxygen atoms in total. The largest absolute Gasteiger partial charge is 0.478 e. The highest BCUT2D eigenvalue weighted by atomic mass is 16.4. The van der Waals surface area contributed by atoms with Crippen LogP contribution < -0.4 is 10.2 Å². The predicted molar refractivity (Wildman–Crippen MR) is 77.1 cm³/mol. The Morgan fingerprint density at radius 1 is 1.45 bits per heavy atom. The molecule has 0 bridgehead atoms. The zero-order valence-electron chi connectivity index (χ0n) is 12.3. The fourth-order valence-corrected chi connectivity index (χ4v) is 1.89. The maximum Gasteiger partial charge on any atom is 0.337 e. The quantitative estimate of drug-likeness (QED) is 0.823. The summed E-state index contributed by atoms with van der Waals surface area (Å²) in [6, 6.07) is 1.65. The third kappa shape index (κ3) is 4.22. The van der Waals surface area contributed by atoms with Crippen molar-refractivity contribution in [3.8, 4) is 0 Å². The van der Waals surface area contributed by atoms with E-state index in [0.717, 1.165) is 5.56 Å². The lowest BCUT2D eigenvalue weighted by atomic mass is 10.2. The van der Waals surface area contributed by atoms with Crippen LogP contribution in [0.25, 0.3) is 0 Å². The summed E-state index contributed by atoms with van der Waals surface area (Å²) in [5.41, 5.74) is 0.887. The summed E-state index contributed by atoms with van der Waals surface area (Å²) in [6.07, 6.45) is 1.31. The van der Waals surface area contributed by atoms with Gasteiger partial charge in [0.25, 0.3) is 0 Å². The molecule has 0 saturated heterocycles. The molecule has 6 heteroatoms. The van der Waals surface area contributed by atoms with Crippen LogP contribution in [0.4, 0.5) is 5.82 Å². The van der Waals surface area contributed by atoms with Crippen molar-refractivity contribution >= 4 is 17.7 Å². The second-order valence-electron chi connectivity index (χ2n) is 4.91. The Morgan fingerprint density at radius 3 is 2.55 bits per heavy atom. The van der Waals surface area contributed by atoms with Crippen LogP contribution in [-0.4, -0.2) is 41.1 Å². The van der Waals surface area contributed by atoms with E-state index in [1.807, 2.05) is 25.7 Å². The van der Waals surface area contributed by atoms with Crippen LogP contribution in [-0.2, 0) is 4.79 Å². The maximum atomic E-state index is 11.8. The van der Waals surface area contributed by atoms with Gasteiger partial charge in [-0.05, 0) is 39.3 Å². The Hall–Kier alpha value is -2.11. The number of nitrogens with zero attached hydrogens (tertiary/aromatic N) is 2. The van der Waals surface area contributed by atoms with Gasteiger partial charge in [0.05, 0.1) is 12.1 Å². The monoisotopic (exact) mass is 279 g/mol. The lowest BCUT2D eigenvalue weighted by Crippen LogP contribution is -2.40. The van der Waals surface area contributed by atoms with Gasteiger partial charge in [-0.1, -0.05) is 0 Å².